The van der Waals surface area contributed by atoms with Gasteiger partial charge < -0.3 is 10.1 Å². The first-order valence-electron chi connectivity index (χ1n) is 7.17. The summed E-state index contributed by atoms with van der Waals surface area (Å²) in [6.45, 7) is 0.483. The summed E-state index contributed by atoms with van der Waals surface area (Å²) in [5.41, 5.74) is 1.63. The predicted molar refractivity (Wildman–Crippen MR) is 84.8 cm³/mol. The number of amides is 1. The average Bonchev–Trinajstić information content (AvgIpc) is 2.58. The molecule has 0 fully saturated rings. The summed E-state index contributed by atoms with van der Waals surface area (Å²) >= 11 is 0. The molecule has 0 saturated carbocycles. The lowest BCUT2D eigenvalue weighted by Gasteiger charge is -2.05. The van der Waals surface area contributed by atoms with Gasteiger partial charge in [-0.15, -0.1) is 0 Å². The highest BCUT2D eigenvalue weighted by Gasteiger charge is 2.09. The van der Waals surface area contributed by atoms with Gasteiger partial charge in [-0.25, -0.2) is 0 Å². The Morgan fingerprint density at radius 3 is 2.27 bits per heavy atom. The van der Waals surface area contributed by atoms with E-state index in [0.29, 0.717) is 17.9 Å². The van der Waals surface area contributed by atoms with Crippen molar-refractivity contribution >= 4 is 11.7 Å². The second-order valence-corrected chi connectivity index (χ2v) is 4.91. The number of hydrogen-bond acceptors (Lipinski definition) is 3. The molecule has 0 spiro atoms. The van der Waals surface area contributed by atoms with Gasteiger partial charge in [0.05, 0.1) is 7.11 Å². The topological polar surface area (TPSA) is 55.4 Å². The zero-order valence-electron chi connectivity index (χ0n) is 12.5. The van der Waals surface area contributed by atoms with Crippen molar-refractivity contribution < 1.29 is 14.3 Å². The molecule has 2 rings (SSSR count). The number of methoxy groups -OCH3 is 1. The van der Waals surface area contributed by atoms with E-state index in [2.05, 4.69) is 5.32 Å². The third-order valence-corrected chi connectivity index (χ3v) is 3.32. The van der Waals surface area contributed by atoms with Crippen LogP contribution in [0.1, 0.15) is 28.8 Å². The highest BCUT2D eigenvalue weighted by molar-refractivity contribution is 5.98. The highest BCUT2D eigenvalue weighted by Crippen LogP contribution is 2.13. The van der Waals surface area contributed by atoms with Crippen LogP contribution in [0.5, 0.6) is 5.75 Å². The molecule has 22 heavy (non-hydrogen) atoms. The van der Waals surface area contributed by atoms with E-state index in [1.54, 1.807) is 31.4 Å². The largest absolute Gasteiger partial charge is 0.497 e. The van der Waals surface area contributed by atoms with E-state index >= 15 is 0 Å². The van der Waals surface area contributed by atoms with E-state index in [9.17, 15) is 9.59 Å². The second-order valence-electron chi connectivity index (χ2n) is 4.91. The van der Waals surface area contributed by atoms with Crippen molar-refractivity contribution in [3.63, 3.8) is 0 Å². The summed E-state index contributed by atoms with van der Waals surface area (Å²) in [5, 5.41) is 2.81. The van der Waals surface area contributed by atoms with Gasteiger partial charge in [-0.3, -0.25) is 9.59 Å². The molecule has 0 bridgehead atoms. The van der Waals surface area contributed by atoms with Crippen LogP contribution >= 0.6 is 0 Å². The summed E-state index contributed by atoms with van der Waals surface area (Å²) in [5.74, 6) is 0.542. The van der Waals surface area contributed by atoms with Crippen molar-refractivity contribution in [1.82, 2.24) is 5.32 Å². The van der Waals surface area contributed by atoms with Crippen molar-refractivity contribution in [1.29, 1.82) is 0 Å². The van der Waals surface area contributed by atoms with Gasteiger partial charge in [0.25, 0.3) is 0 Å². The number of Topliss-reactive ketones (excluding diaryl/α,β-unsaturated/α-hetero) is 1. The lowest BCUT2D eigenvalue weighted by Crippen LogP contribution is -2.23. The first kappa shape index (κ1) is 15.8. The van der Waals surface area contributed by atoms with E-state index in [0.717, 1.165) is 5.56 Å². The fraction of sp³-hybridized carbons (Fsp3) is 0.222. The molecule has 0 aromatic heterocycles. The van der Waals surface area contributed by atoms with Crippen molar-refractivity contribution in [3.05, 3.63) is 65.7 Å². The summed E-state index contributed by atoms with van der Waals surface area (Å²) < 4.78 is 5.05. The van der Waals surface area contributed by atoms with Gasteiger partial charge in [0.2, 0.25) is 5.91 Å². The molecular weight excluding hydrogens is 278 g/mol. The maximum absolute atomic E-state index is 12.0. The van der Waals surface area contributed by atoms with Crippen LogP contribution in [-0.2, 0) is 11.3 Å². The van der Waals surface area contributed by atoms with Crippen LogP contribution in [0.4, 0.5) is 0 Å². The first-order valence-corrected chi connectivity index (χ1v) is 7.17. The van der Waals surface area contributed by atoms with Gasteiger partial charge in [0, 0.05) is 24.9 Å². The standard InChI is InChI=1S/C18H19NO3/c1-22-16-9-7-15(8-10-16)17(20)11-12-18(21)19-13-14-5-3-2-4-6-14/h2-10H,11-13H2,1H3,(H,19,21). The molecule has 114 valence electrons. The summed E-state index contributed by atoms with van der Waals surface area (Å²) in [4.78, 5) is 23.8. The Labute approximate surface area is 130 Å². The molecule has 0 aliphatic rings. The Hall–Kier alpha value is -2.62. The average molecular weight is 297 g/mol. The third-order valence-electron chi connectivity index (χ3n) is 3.32. The minimum Gasteiger partial charge on any atom is -0.497 e. The van der Waals surface area contributed by atoms with Crippen molar-refractivity contribution in [2.45, 2.75) is 19.4 Å². The maximum Gasteiger partial charge on any atom is 0.220 e. The Balaban J connectivity index is 1.76. The minimum absolute atomic E-state index is 0.0440. The van der Waals surface area contributed by atoms with Crippen molar-refractivity contribution in [2.24, 2.45) is 0 Å². The molecule has 2 aromatic carbocycles. The molecule has 0 aliphatic heterocycles. The smallest absolute Gasteiger partial charge is 0.220 e. The molecule has 2 aromatic rings. The van der Waals surface area contributed by atoms with Crippen LogP contribution in [0.15, 0.2) is 54.6 Å². The number of ketones is 1. The number of rotatable bonds is 7. The van der Waals surface area contributed by atoms with E-state index in [4.69, 9.17) is 4.74 Å². The Bertz CT molecular complexity index is 621. The fourth-order valence-corrected chi connectivity index (χ4v) is 2.03. The number of ether oxygens (including phenoxy) is 1. The van der Waals surface area contributed by atoms with Crippen LogP contribution in [0.3, 0.4) is 0 Å². The molecule has 1 amide bonds. The Kier molecular flexibility index (Phi) is 5.72. The van der Waals surface area contributed by atoms with E-state index < -0.39 is 0 Å². The summed E-state index contributed by atoms with van der Waals surface area (Å²) in [6, 6.07) is 16.6. The van der Waals surface area contributed by atoms with Crippen molar-refractivity contribution in [2.75, 3.05) is 7.11 Å². The zero-order chi connectivity index (χ0) is 15.8. The van der Waals surface area contributed by atoms with Crippen LogP contribution in [0.2, 0.25) is 0 Å². The summed E-state index contributed by atoms with van der Waals surface area (Å²) in [7, 11) is 1.58. The molecule has 0 atom stereocenters. The SMILES string of the molecule is COc1ccc(C(=O)CCC(=O)NCc2ccccc2)cc1. The van der Waals surface area contributed by atoms with E-state index in [-0.39, 0.29) is 24.5 Å². The monoisotopic (exact) mass is 297 g/mol. The number of carbonyl (C=O) groups is 2. The van der Waals surface area contributed by atoms with Crippen LogP contribution in [0.25, 0.3) is 0 Å². The quantitative estimate of drug-likeness (QED) is 0.799. The Morgan fingerprint density at radius 2 is 1.64 bits per heavy atom. The van der Waals surface area contributed by atoms with E-state index in [1.165, 1.54) is 0 Å². The molecule has 0 heterocycles. The molecular formula is C18H19NO3. The van der Waals surface area contributed by atoms with E-state index in [1.807, 2.05) is 30.3 Å². The lowest BCUT2D eigenvalue weighted by molar-refractivity contribution is -0.121. The number of carbonyl (C=O) groups excluding carboxylic acids is 2. The molecule has 1 N–H and O–H groups in total. The second kappa shape index (κ2) is 7.98. The lowest BCUT2D eigenvalue weighted by atomic mass is 10.1. The molecule has 4 heteroatoms. The Morgan fingerprint density at radius 1 is 0.955 bits per heavy atom. The first-order chi connectivity index (χ1) is 10.7. The van der Waals surface area contributed by atoms with Crippen LogP contribution < -0.4 is 10.1 Å². The third kappa shape index (κ3) is 4.74. The number of benzene rings is 2. The number of nitrogens with one attached hydrogen (secondary N) is 1. The summed E-state index contributed by atoms with van der Waals surface area (Å²) in [6.07, 6.45) is 0.393. The number of hydrogen-bond donors (Lipinski definition) is 1. The molecule has 0 unspecified atom stereocenters. The zero-order valence-corrected chi connectivity index (χ0v) is 12.5. The maximum atomic E-state index is 12.0. The predicted octanol–water partition coefficient (Wildman–Crippen LogP) is 2.97. The molecule has 0 aliphatic carbocycles. The van der Waals surface area contributed by atoms with Gasteiger partial charge in [0.1, 0.15) is 5.75 Å². The molecule has 0 radical (unpaired) electrons. The van der Waals surface area contributed by atoms with Crippen LogP contribution in [0, 0.1) is 0 Å². The minimum atomic E-state index is -0.120. The van der Waals surface area contributed by atoms with Gasteiger partial charge in [-0.2, -0.15) is 0 Å². The molecule has 4 nitrogen and oxygen atoms in total. The van der Waals surface area contributed by atoms with Gasteiger partial charge in [0.15, 0.2) is 5.78 Å². The van der Waals surface area contributed by atoms with Gasteiger partial charge >= 0.3 is 0 Å². The van der Waals surface area contributed by atoms with Gasteiger partial charge in [-0.05, 0) is 29.8 Å². The van der Waals surface area contributed by atoms with Crippen LogP contribution in [-0.4, -0.2) is 18.8 Å². The fourth-order valence-electron chi connectivity index (χ4n) is 2.03. The van der Waals surface area contributed by atoms with Crippen molar-refractivity contribution in [3.8, 4) is 5.75 Å². The highest BCUT2D eigenvalue weighted by atomic mass is 16.5. The normalized spacial score (nSPS) is 10.0. The molecule has 0 saturated heterocycles. The van der Waals surface area contributed by atoms with Gasteiger partial charge in [-0.1, -0.05) is 30.3 Å².